The van der Waals surface area contributed by atoms with Gasteiger partial charge in [0.15, 0.2) is 0 Å². The van der Waals surface area contributed by atoms with Gasteiger partial charge in [-0.1, -0.05) is 45.7 Å². The molecule has 70 valence electrons. The van der Waals surface area contributed by atoms with Gasteiger partial charge in [-0.05, 0) is 36.6 Å². The summed E-state index contributed by atoms with van der Waals surface area (Å²) in [6, 6.07) is 7.93. The summed E-state index contributed by atoms with van der Waals surface area (Å²) in [5, 5.41) is 1.80. The largest absolute Gasteiger partial charge is 0.0925 e. The second kappa shape index (κ2) is 5.46. The summed E-state index contributed by atoms with van der Waals surface area (Å²) in [6.45, 7) is 2.12. The highest BCUT2D eigenvalue weighted by atomic mass is 79.9. The van der Waals surface area contributed by atoms with Gasteiger partial charge in [-0.3, -0.25) is 0 Å². The quantitative estimate of drug-likeness (QED) is 0.700. The first-order valence-electron chi connectivity index (χ1n) is 4.22. The Labute approximate surface area is 92.7 Å². The average molecular weight is 260 g/mol. The Morgan fingerprint density at radius 2 is 2.00 bits per heavy atom. The zero-order valence-corrected chi connectivity index (χ0v) is 9.90. The van der Waals surface area contributed by atoms with E-state index in [4.69, 9.17) is 11.6 Å². The summed E-state index contributed by atoms with van der Waals surface area (Å²) in [7, 11) is 0. The number of hydrogen-bond donors (Lipinski definition) is 0. The Morgan fingerprint density at radius 1 is 1.38 bits per heavy atom. The second-order valence-corrected chi connectivity index (χ2v) is 4.10. The molecule has 0 saturated heterocycles. The van der Waals surface area contributed by atoms with Gasteiger partial charge in [0, 0.05) is 10.4 Å². The smallest absolute Gasteiger partial charge is 0.0406 e. The maximum atomic E-state index is 5.79. The summed E-state index contributed by atoms with van der Waals surface area (Å²) in [4.78, 5) is 0. The number of rotatable bonds is 3. The maximum Gasteiger partial charge on any atom is 0.0406 e. The highest BCUT2D eigenvalue weighted by Crippen LogP contribution is 2.17. The van der Waals surface area contributed by atoms with Crippen LogP contribution in [0.1, 0.15) is 18.9 Å². The van der Waals surface area contributed by atoms with E-state index in [1.807, 2.05) is 24.3 Å². The molecule has 1 aromatic carbocycles. The van der Waals surface area contributed by atoms with Crippen LogP contribution in [0.5, 0.6) is 0 Å². The van der Waals surface area contributed by atoms with Crippen molar-refractivity contribution in [2.24, 2.45) is 0 Å². The minimum absolute atomic E-state index is 0.789. The molecule has 0 saturated carbocycles. The van der Waals surface area contributed by atoms with Crippen LogP contribution < -0.4 is 0 Å². The lowest BCUT2D eigenvalue weighted by atomic mass is 10.1. The van der Waals surface area contributed by atoms with Crippen LogP contribution in [0.15, 0.2) is 30.3 Å². The van der Waals surface area contributed by atoms with Crippen molar-refractivity contribution in [1.82, 2.24) is 0 Å². The number of halogens is 2. The van der Waals surface area contributed by atoms with E-state index in [-0.39, 0.29) is 0 Å². The summed E-state index contributed by atoms with van der Waals surface area (Å²) in [6.07, 6.45) is 3.28. The number of hydrogen-bond acceptors (Lipinski definition) is 0. The molecule has 0 aromatic heterocycles. The normalized spacial score (nSPS) is 11.8. The molecule has 0 N–H and O–H groups in total. The fourth-order valence-corrected chi connectivity index (χ4v) is 1.46. The lowest BCUT2D eigenvalue weighted by Crippen LogP contribution is -1.79. The van der Waals surface area contributed by atoms with Crippen molar-refractivity contribution >= 4 is 33.1 Å². The van der Waals surface area contributed by atoms with E-state index in [0.717, 1.165) is 16.8 Å². The van der Waals surface area contributed by atoms with Crippen molar-refractivity contribution in [2.45, 2.75) is 13.3 Å². The monoisotopic (exact) mass is 258 g/mol. The Kier molecular flexibility index (Phi) is 4.54. The minimum atomic E-state index is 0.789. The third-order valence-electron chi connectivity index (χ3n) is 1.86. The molecule has 0 unspecified atom stereocenters. The number of allylic oxidation sites excluding steroid dienone is 2. The Balaban J connectivity index is 2.77. The second-order valence-electron chi connectivity index (χ2n) is 2.87. The Hall–Kier alpha value is -0.270. The topological polar surface area (TPSA) is 0 Å². The maximum absolute atomic E-state index is 5.79. The van der Waals surface area contributed by atoms with Gasteiger partial charge in [-0.15, -0.1) is 0 Å². The van der Waals surface area contributed by atoms with Crippen LogP contribution in [0.25, 0.3) is 5.57 Å². The lowest BCUT2D eigenvalue weighted by molar-refractivity contribution is 1.26. The van der Waals surface area contributed by atoms with Crippen molar-refractivity contribution in [3.05, 3.63) is 40.9 Å². The van der Waals surface area contributed by atoms with Crippen LogP contribution in [-0.2, 0) is 0 Å². The highest BCUT2D eigenvalue weighted by molar-refractivity contribution is 9.09. The lowest BCUT2D eigenvalue weighted by Gasteiger charge is -2.00. The molecule has 0 aliphatic heterocycles. The first-order chi connectivity index (χ1) is 6.24. The van der Waals surface area contributed by atoms with Crippen molar-refractivity contribution in [2.75, 3.05) is 5.33 Å². The van der Waals surface area contributed by atoms with Crippen LogP contribution in [0.4, 0.5) is 0 Å². The molecule has 0 radical (unpaired) electrons. The summed E-state index contributed by atoms with van der Waals surface area (Å²) < 4.78 is 0. The predicted octanol–water partition coefficient (Wildman–Crippen LogP) is 4.53. The standard InChI is InChI=1S/C11H12BrCl/c1-9(3-2-8-12)10-4-6-11(13)7-5-10/h3-7H,2,8H2,1H3. The van der Waals surface area contributed by atoms with E-state index in [9.17, 15) is 0 Å². The summed E-state index contributed by atoms with van der Waals surface area (Å²) >= 11 is 9.19. The average Bonchev–Trinajstić information content (AvgIpc) is 2.15. The minimum Gasteiger partial charge on any atom is -0.0925 e. The van der Waals surface area contributed by atoms with E-state index in [2.05, 4.69) is 28.9 Å². The molecule has 0 amide bonds. The van der Waals surface area contributed by atoms with Gasteiger partial charge in [0.1, 0.15) is 0 Å². The zero-order valence-electron chi connectivity index (χ0n) is 7.56. The molecule has 1 rings (SSSR count). The van der Waals surface area contributed by atoms with Crippen molar-refractivity contribution in [1.29, 1.82) is 0 Å². The van der Waals surface area contributed by atoms with E-state index in [1.165, 1.54) is 11.1 Å². The molecule has 0 bridgehead atoms. The van der Waals surface area contributed by atoms with Gasteiger partial charge in [0.05, 0.1) is 0 Å². The Bertz CT molecular complexity index is 287. The number of benzene rings is 1. The van der Waals surface area contributed by atoms with Gasteiger partial charge in [0.2, 0.25) is 0 Å². The van der Waals surface area contributed by atoms with Crippen LogP contribution in [0.3, 0.4) is 0 Å². The highest BCUT2D eigenvalue weighted by Gasteiger charge is 1.94. The fraction of sp³-hybridized carbons (Fsp3) is 0.273. The number of alkyl halides is 1. The van der Waals surface area contributed by atoms with Gasteiger partial charge in [0.25, 0.3) is 0 Å². The molecule has 0 aliphatic carbocycles. The van der Waals surface area contributed by atoms with Gasteiger partial charge in [-0.2, -0.15) is 0 Å². The molecule has 0 nitrogen and oxygen atoms in total. The SMILES string of the molecule is CC(=CCCBr)c1ccc(Cl)cc1. The van der Waals surface area contributed by atoms with Crippen molar-refractivity contribution < 1.29 is 0 Å². The first-order valence-corrected chi connectivity index (χ1v) is 5.72. The van der Waals surface area contributed by atoms with Gasteiger partial charge in [-0.25, -0.2) is 0 Å². The first kappa shape index (κ1) is 10.8. The molecule has 0 atom stereocenters. The molecule has 0 aliphatic rings. The van der Waals surface area contributed by atoms with Crippen molar-refractivity contribution in [3.8, 4) is 0 Å². The zero-order chi connectivity index (χ0) is 9.68. The van der Waals surface area contributed by atoms with Crippen LogP contribution in [0, 0.1) is 0 Å². The van der Waals surface area contributed by atoms with Crippen LogP contribution in [0.2, 0.25) is 5.02 Å². The molecular weight excluding hydrogens is 247 g/mol. The fourth-order valence-electron chi connectivity index (χ4n) is 1.10. The van der Waals surface area contributed by atoms with Crippen LogP contribution >= 0.6 is 27.5 Å². The van der Waals surface area contributed by atoms with Crippen LogP contribution in [-0.4, -0.2) is 5.33 Å². The summed E-state index contributed by atoms with van der Waals surface area (Å²) in [5.41, 5.74) is 2.54. The summed E-state index contributed by atoms with van der Waals surface area (Å²) in [5.74, 6) is 0. The predicted molar refractivity (Wildman–Crippen MR) is 63.5 cm³/mol. The third-order valence-corrected chi connectivity index (χ3v) is 2.57. The molecule has 2 heteroatoms. The van der Waals surface area contributed by atoms with E-state index in [0.29, 0.717) is 0 Å². The molecule has 0 fully saturated rings. The van der Waals surface area contributed by atoms with Gasteiger partial charge >= 0.3 is 0 Å². The van der Waals surface area contributed by atoms with E-state index >= 15 is 0 Å². The van der Waals surface area contributed by atoms with E-state index in [1.54, 1.807) is 0 Å². The van der Waals surface area contributed by atoms with E-state index < -0.39 is 0 Å². The third kappa shape index (κ3) is 3.53. The molecule has 0 heterocycles. The van der Waals surface area contributed by atoms with Gasteiger partial charge < -0.3 is 0 Å². The molecular formula is C11H12BrCl. The molecule has 0 spiro atoms. The molecule has 1 aromatic rings. The Morgan fingerprint density at radius 3 is 2.54 bits per heavy atom. The van der Waals surface area contributed by atoms with Crippen molar-refractivity contribution in [3.63, 3.8) is 0 Å². The molecule has 13 heavy (non-hydrogen) atoms.